The van der Waals surface area contributed by atoms with Crippen molar-refractivity contribution in [1.82, 2.24) is 0 Å². The topological polar surface area (TPSA) is 56.2 Å². The zero-order valence-electron chi connectivity index (χ0n) is 5.35. The number of carbonyl (C=O) groups excluding carboxylic acids is 1. The molecule has 1 rings (SSSR count). The van der Waals surface area contributed by atoms with Crippen LogP contribution >= 0.6 is 22.6 Å². The van der Waals surface area contributed by atoms with E-state index in [1.807, 2.05) is 22.6 Å². The van der Waals surface area contributed by atoms with Crippen LogP contribution in [0.2, 0.25) is 1.41 Å². The molecule has 0 atom stereocenters. The summed E-state index contributed by atoms with van der Waals surface area (Å²) in [5.74, 6) is -0.359. The van der Waals surface area contributed by atoms with Crippen LogP contribution < -0.4 is 5.73 Å². The van der Waals surface area contributed by atoms with E-state index in [1.54, 1.807) is 11.8 Å². The number of furan rings is 1. The van der Waals surface area contributed by atoms with E-state index < -0.39 is 5.91 Å². The largest absolute Gasteiger partial charge is 0.445 e. The molecule has 0 bridgehead atoms. The lowest BCUT2D eigenvalue weighted by Crippen LogP contribution is -2.09. The van der Waals surface area contributed by atoms with Gasteiger partial charge in [-0.1, -0.05) is 0 Å². The van der Waals surface area contributed by atoms with Gasteiger partial charge in [-0.2, -0.15) is 0 Å². The zero-order chi connectivity index (χ0) is 7.56. The molecule has 0 saturated heterocycles. The summed E-state index contributed by atoms with van der Waals surface area (Å²) in [5.41, 5.74) is 1.71. The van der Waals surface area contributed by atoms with E-state index in [0.717, 1.165) is 0 Å². The van der Waals surface area contributed by atoms with E-state index >= 15 is 0 Å². The monoisotopic (exact) mass is 238 g/mol. The molecular formula is C5H4INO2. The lowest BCUT2D eigenvalue weighted by atomic mass is 10.4. The predicted molar refractivity (Wildman–Crippen MR) is 39.9 cm³/mol. The smallest absolute Gasteiger partial charge is 0.284 e. The molecule has 1 aromatic heterocycles. The lowest BCUT2D eigenvalue weighted by molar-refractivity contribution is 0.0972. The highest BCUT2D eigenvalue weighted by Crippen LogP contribution is 2.08. The highest BCUT2D eigenvalue weighted by molar-refractivity contribution is 14.1. The summed E-state index contributed by atoms with van der Waals surface area (Å²) in [4.78, 5) is 10.6. The van der Waals surface area contributed by atoms with Crippen LogP contribution in [-0.2, 0) is 0 Å². The van der Waals surface area contributed by atoms with Gasteiger partial charge in [-0.15, -0.1) is 0 Å². The Morgan fingerprint density at radius 1 is 1.89 bits per heavy atom. The summed E-state index contributed by atoms with van der Waals surface area (Å²) in [6.07, 6.45) is 0. The van der Waals surface area contributed by atoms with E-state index in [-0.39, 0.29) is 5.76 Å². The number of hydrogen-bond donors (Lipinski definition) is 1. The molecule has 0 spiro atoms. The Kier molecular flexibility index (Phi) is 1.40. The Labute approximate surface area is 66.8 Å². The molecule has 0 fully saturated rings. The standard InChI is InChI=1S/C5H4INO2/c6-4-2-1-3(9-4)5(7)8/h1-2H,(H2,7,8)/i/hD. The summed E-state index contributed by atoms with van der Waals surface area (Å²) in [6, 6.07) is 3.18. The number of primary amides is 1. The second-order valence-electron chi connectivity index (χ2n) is 1.43. The Balaban J connectivity index is 2.85. The fourth-order valence-corrected chi connectivity index (χ4v) is 0.853. The Morgan fingerprint density at radius 2 is 2.67 bits per heavy atom. The molecule has 0 aliphatic carbocycles. The molecule has 0 saturated carbocycles. The van der Waals surface area contributed by atoms with Crippen molar-refractivity contribution >= 4 is 28.5 Å². The van der Waals surface area contributed by atoms with E-state index in [9.17, 15) is 4.79 Å². The fourth-order valence-electron chi connectivity index (χ4n) is 0.436. The molecule has 1 heterocycles. The van der Waals surface area contributed by atoms with Gasteiger partial charge in [0.1, 0.15) is 0 Å². The van der Waals surface area contributed by atoms with Gasteiger partial charge in [0, 0.05) is 0 Å². The SMILES string of the molecule is [2H]NC(=O)c1ccc(I)o1. The van der Waals surface area contributed by atoms with Gasteiger partial charge in [0.25, 0.3) is 5.91 Å². The summed E-state index contributed by atoms with van der Waals surface area (Å²) in [7, 11) is 0. The van der Waals surface area contributed by atoms with Crippen molar-refractivity contribution in [2.45, 2.75) is 0 Å². The minimum atomic E-state index is -0.525. The summed E-state index contributed by atoms with van der Waals surface area (Å²) in [6.45, 7) is 0. The first-order valence-corrected chi connectivity index (χ1v) is 3.29. The molecule has 0 unspecified atom stereocenters. The van der Waals surface area contributed by atoms with Crippen LogP contribution in [0.25, 0.3) is 0 Å². The minimum Gasteiger partial charge on any atom is -0.445 e. The third kappa shape index (κ3) is 1.44. The number of rotatable bonds is 1. The van der Waals surface area contributed by atoms with Crippen LogP contribution in [-0.4, -0.2) is 5.91 Å². The first-order valence-electron chi connectivity index (χ1n) is 2.71. The van der Waals surface area contributed by atoms with Crippen molar-refractivity contribution in [2.75, 3.05) is 0 Å². The predicted octanol–water partition coefficient (Wildman–Crippen LogP) is 0.983. The Bertz CT molecular complexity index is 248. The highest BCUT2D eigenvalue weighted by atomic mass is 127. The number of halogens is 1. The van der Waals surface area contributed by atoms with Gasteiger partial charge >= 0.3 is 0 Å². The molecule has 3 nitrogen and oxygen atoms in total. The van der Waals surface area contributed by atoms with Gasteiger partial charge in [-0.3, -0.25) is 4.79 Å². The quantitative estimate of drug-likeness (QED) is 0.741. The maximum absolute atomic E-state index is 10.6. The normalized spacial score (nSPS) is 10.6. The fraction of sp³-hybridized carbons (Fsp3) is 0. The number of amides is 1. The minimum absolute atomic E-state index is 0.166. The number of hydrogen-bond acceptors (Lipinski definition) is 2. The molecule has 0 aromatic carbocycles. The van der Waals surface area contributed by atoms with Crippen LogP contribution in [0.1, 0.15) is 10.6 Å². The van der Waals surface area contributed by atoms with E-state index in [0.29, 0.717) is 3.77 Å². The van der Waals surface area contributed by atoms with Gasteiger partial charge in [0.2, 0.25) is 0 Å². The zero-order valence-corrected chi connectivity index (χ0v) is 6.51. The number of carbonyl (C=O) groups is 1. The second kappa shape index (κ2) is 2.38. The van der Waals surface area contributed by atoms with Crippen molar-refractivity contribution < 1.29 is 10.6 Å². The molecule has 48 valence electrons. The average molecular weight is 238 g/mol. The third-order valence-electron chi connectivity index (χ3n) is 0.797. The molecule has 1 amide bonds. The van der Waals surface area contributed by atoms with Crippen LogP contribution in [0.15, 0.2) is 16.5 Å². The van der Waals surface area contributed by atoms with Gasteiger partial charge in [0.05, 0.1) is 0 Å². The van der Waals surface area contributed by atoms with Crippen LogP contribution in [0.4, 0.5) is 0 Å². The average Bonchev–Trinajstić information content (AvgIpc) is 2.34. The molecule has 0 aliphatic heterocycles. The van der Waals surface area contributed by atoms with E-state index in [4.69, 9.17) is 5.83 Å². The summed E-state index contributed by atoms with van der Waals surface area (Å²) in [5, 5.41) is 0. The van der Waals surface area contributed by atoms with Crippen molar-refractivity contribution in [2.24, 2.45) is 5.73 Å². The third-order valence-corrected chi connectivity index (χ3v) is 1.38. The van der Waals surface area contributed by atoms with Gasteiger partial charge in [-0.05, 0) is 34.7 Å². The van der Waals surface area contributed by atoms with Gasteiger partial charge < -0.3 is 10.1 Å². The first-order chi connectivity index (χ1) is 4.74. The lowest BCUT2D eigenvalue weighted by Gasteiger charge is -1.82. The molecule has 0 radical (unpaired) electrons. The molecule has 2 N–H and O–H groups in total. The van der Waals surface area contributed by atoms with Crippen LogP contribution in [0.3, 0.4) is 0 Å². The maximum Gasteiger partial charge on any atom is 0.284 e. The van der Waals surface area contributed by atoms with Crippen LogP contribution in [0.5, 0.6) is 0 Å². The summed E-state index contributed by atoms with van der Waals surface area (Å²) >= 11 is 1.94. The van der Waals surface area contributed by atoms with Crippen LogP contribution in [0, 0.1) is 3.77 Å². The Morgan fingerprint density at radius 3 is 3.11 bits per heavy atom. The van der Waals surface area contributed by atoms with Gasteiger partial charge in [0.15, 0.2) is 10.9 Å². The van der Waals surface area contributed by atoms with Crippen molar-refractivity contribution in [3.63, 3.8) is 0 Å². The van der Waals surface area contributed by atoms with E-state index in [1.165, 1.54) is 6.07 Å². The van der Waals surface area contributed by atoms with E-state index in [2.05, 4.69) is 0 Å². The molecule has 4 heteroatoms. The first kappa shape index (κ1) is 5.28. The number of nitrogens with two attached hydrogens (primary N) is 1. The van der Waals surface area contributed by atoms with Gasteiger partial charge in [-0.25, -0.2) is 0 Å². The molecule has 1 aromatic rings. The molecule has 0 aliphatic rings. The highest BCUT2D eigenvalue weighted by Gasteiger charge is 2.03. The Hall–Kier alpha value is -0.520. The van der Waals surface area contributed by atoms with Crippen molar-refractivity contribution in [3.05, 3.63) is 21.7 Å². The van der Waals surface area contributed by atoms with Crippen molar-refractivity contribution in [3.8, 4) is 0 Å². The molecular weight excluding hydrogens is 233 g/mol. The summed E-state index contributed by atoms with van der Waals surface area (Å²) < 4.78 is 12.0. The molecule has 9 heavy (non-hydrogen) atoms. The maximum atomic E-state index is 10.6. The van der Waals surface area contributed by atoms with Crippen molar-refractivity contribution in [1.29, 1.82) is 0 Å². The second-order valence-corrected chi connectivity index (χ2v) is 2.50.